The number of hydrazine groups is 1. The SMILES string of the molecule is CCCc1nc(NN)c(C)c(NCCC(=O)NCC)n1. The molecule has 0 saturated carbocycles. The van der Waals surface area contributed by atoms with E-state index in [-0.39, 0.29) is 5.91 Å². The highest BCUT2D eigenvalue weighted by Gasteiger charge is 2.10. The molecule has 0 radical (unpaired) electrons. The molecule has 5 N–H and O–H groups in total. The number of hydrogen-bond donors (Lipinski definition) is 4. The van der Waals surface area contributed by atoms with Crippen LogP contribution < -0.4 is 21.9 Å². The van der Waals surface area contributed by atoms with Gasteiger partial charge in [0.15, 0.2) is 0 Å². The van der Waals surface area contributed by atoms with Crippen LogP contribution in [-0.4, -0.2) is 29.0 Å². The number of aryl methyl sites for hydroxylation is 1. The molecule has 0 atom stereocenters. The van der Waals surface area contributed by atoms with Crippen molar-refractivity contribution in [1.29, 1.82) is 0 Å². The van der Waals surface area contributed by atoms with Crippen LogP contribution in [0.4, 0.5) is 11.6 Å². The van der Waals surface area contributed by atoms with Crippen molar-refractivity contribution in [2.75, 3.05) is 23.8 Å². The molecule has 0 saturated heterocycles. The summed E-state index contributed by atoms with van der Waals surface area (Å²) in [6, 6.07) is 0. The molecule has 0 aromatic carbocycles. The first kappa shape index (κ1) is 16.2. The normalized spacial score (nSPS) is 10.2. The minimum absolute atomic E-state index is 0.0256. The molecular weight excluding hydrogens is 256 g/mol. The van der Waals surface area contributed by atoms with Crippen LogP contribution in [0.1, 0.15) is 38.1 Å². The van der Waals surface area contributed by atoms with E-state index < -0.39 is 0 Å². The Bertz CT molecular complexity index is 449. The van der Waals surface area contributed by atoms with Crippen molar-refractivity contribution < 1.29 is 4.79 Å². The van der Waals surface area contributed by atoms with Gasteiger partial charge in [0.1, 0.15) is 17.5 Å². The van der Waals surface area contributed by atoms with Crippen LogP contribution in [0, 0.1) is 6.92 Å². The Morgan fingerprint density at radius 1 is 1.25 bits per heavy atom. The van der Waals surface area contributed by atoms with Gasteiger partial charge in [-0.05, 0) is 20.3 Å². The summed E-state index contributed by atoms with van der Waals surface area (Å²) in [5, 5.41) is 5.92. The fraction of sp³-hybridized carbons (Fsp3) is 0.615. The minimum atomic E-state index is 0.0256. The zero-order chi connectivity index (χ0) is 15.0. The van der Waals surface area contributed by atoms with E-state index >= 15 is 0 Å². The molecule has 1 rings (SSSR count). The molecule has 0 fully saturated rings. The number of nitrogens with one attached hydrogen (secondary N) is 3. The summed E-state index contributed by atoms with van der Waals surface area (Å²) >= 11 is 0. The van der Waals surface area contributed by atoms with Gasteiger partial charge in [-0.15, -0.1) is 0 Å². The average Bonchev–Trinajstić information content (AvgIpc) is 2.42. The van der Waals surface area contributed by atoms with E-state index in [0.717, 1.165) is 30.0 Å². The predicted molar refractivity (Wildman–Crippen MR) is 80.4 cm³/mol. The Labute approximate surface area is 119 Å². The molecule has 1 aromatic heterocycles. The lowest BCUT2D eigenvalue weighted by Gasteiger charge is -2.13. The van der Waals surface area contributed by atoms with Crippen molar-refractivity contribution in [2.45, 2.75) is 40.0 Å². The molecule has 0 bridgehead atoms. The molecule has 7 heteroatoms. The topological polar surface area (TPSA) is 105 Å². The first-order valence-electron chi connectivity index (χ1n) is 6.97. The van der Waals surface area contributed by atoms with Gasteiger partial charge in [0, 0.05) is 31.5 Å². The van der Waals surface area contributed by atoms with Crippen LogP contribution in [0.2, 0.25) is 0 Å². The van der Waals surface area contributed by atoms with Crippen molar-refractivity contribution in [1.82, 2.24) is 15.3 Å². The predicted octanol–water partition coefficient (Wildman–Crippen LogP) is 0.961. The Balaban J connectivity index is 2.72. The zero-order valence-corrected chi connectivity index (χ0v) is 12.4. The van der Waals surface area contributed by atoms with E-state index in [0.29, 0.717) is 25.3 Å². The largest absolute Gasteiger partial charge is 0.369 e. The van der Waals surface area contributed by atoms with E-state index in [9.17, 15) is 4.79 Å². The zero-order valence-electron chi connectivity index (χ0n) is 12.4. The number of nitrogens with two attached hydrogens (primary N) is 1. The molecular formula is C13H24N6O. The van der Waals surface area contributed by atoms with Crippen molar-refractivity contribution in [3.63, 3.8) is 0 Å². The first-order chi connectivity index (χ1) is 9.62. The summed E-state index contributed by atoms with van der Waals surface area (Å²) in [6.45, 7) is 7.03. The highest BCUT2D eigenvalue weighted by molar-refractivity contribution is 5.76. The van der Waals surface area contributed by atoms with Gasteiger partial charge in [0.2, 0.25) is 5.91 Å². The van der Waals surface area contributed by atoms with Crippen LogP contribution in [0.5, 0.6) is 0 Å². The summed E-state index contributed by atoms with van der Waals surface area (Å²) in [5.74, 6) is 7.57. The monoisotopic (exact) mass is 280 g/mol. The molecule has 0 aliphatic carbocycles. The number of amides is 1. The number of nitrogens with zero attached hydrogens (tertiary/aromatic N) is 2. The number of anilines is 2. The fourth-order valence-corrected chi connectivity index (χ4v) is 1.79. The highest BCUT2D eigenvalue weighted by atomic mass is 16.1. The van der Waals surface area contributed by atoms with Gasteiger partial charge in [-0.25, -0.2) is 15.8 Å². The molecule has 0 unspecified atom stereocenters. The molecule has 1 heterocycles. The Hall–Kier alpha value is -1.89. The summed E-state index contributed by atoms with van der Waals surface area (Å²) in [6.07, 6.45) is 2.16. The molecule has 1 aromatic rings. The Morgan fingerprint density at radius 2 is 1.95 bits per heavy atom. The van der Waals surface area contributed by atoms with E-state index in [1.54, 1.807) is 0 Å². The standard InChI is InChI=1S/C13H24N6O/c1-4-6-10-17-12(9(3)13(18-10)19-14)16-8-7-11(20)15-5-2/h4-8,14H2,1-3H3,(H,15,20)(H2,16,17,18,19). The van der Waals surface area contributed by atoms with E-state index in [1.165, 1.54) is 0 Å². The number of carbonyl (C=O) groups is 1. The maximum atomic E-state index is 11.4. The van der Waals surface area contributed by atoms with E-state index in [4.69, 9.17) is 5.84 Å². The third-order valence-electron chi connectivity index (χ3n) is 2.82. The van der Waals surface area contributed by atoms with E-state index in [2.05, 4.69) is 33.0 Å². The van der Waals surface area contributed by atoms with Crippen LogP contribution in [0.15, 0.2) is 0 Å². The van der Waals surface area contributed by atoms with Gasteiger partial charge in [0.05, 0.1) is 0 Å². The smallest absolute Gasteiger partial charge is 0.221 e. The van der Waals surface area contributed by atoms with Gasteiger partial charge in [-0.3, -0.25) is 4.79 Å². The highest BCUT2D eigenvalue weighted by Crippen LogP contribution is 2.19. The summed E-state index contributed by atoms with van der Waals surface area (Å²) in [7, 11) is 0. The first-order valence-corrected chi connectivity index (χ1v) is 6.97. The molecule has 20 heavy (non-hydrogen) atoms. The number of carbonyl (C=O) groups excluding carboxylic acids is 1. The second-order valence-electron chi connectivity index (χ2n) is 4.49. The molecule has 7 nitrogen and oxygen atoms in total. The van der Waals surface area contributed by atoms with Crippen molar-refractivity contribution in [2.24, 2.45) is 5.84 Å². The number of nitrogen functional groups attached to an aromatic ring is 1. The molecule has 1 amide bonds. The van der Waals surface area contributed by atoms with Gasteiger partial charge in [-0.2, -0.15) is 0 Å². The summed E-state index contributed by atoms with van der Waals surface area (Å²) in [4.78, 5) is 20.2. The Morgan fingerprint density at radius 3 is 2.55 bits per heavy atom. The molecule has 112 valence electrons. The third-order valence-corrected chi connectivity index (χ3v) is 2.82. The lowest BCUT2D eigenvalue weighted by atomic mass is 10.2. The van der Waals surface area contributed by atoms with Crippen molar-refractivity contribution >= 4 is 17.5 Å². The molecule has 0 aliphatic rings. The average molecular weight is 280 g/mol. The molecule has 0 aliphatic heterocycles. The number of aromatic nitrogens is 2. The minimum Gasteiger partial charge on any atom is -0.369 e. The van der Waals surface area contributed by atoms with Crippen molar-refractivity contribution in [3.8, 4) is 0 Å². The lowest BCUT2D eigenvalue weighted by Crippen LogP contribution is -2.25. The maximum Gasteiger partial charge on any atom is 0.221 e. The molecule has 0 spiro atoms. The van der Waals surface area contributed by atoms with Crippen LogP contribution in [0.3, 0.4) is 0 Å². The van der Waals surface area contributed by atoms with Crippen LogP contribution >= 0.6 is 0 Å². The maximum absolute atomic E-state index is 11.4. The van der Waals surface area contributed by atoms with Crippen LogP contribution in [0.25, 0.3) is 0 Å². The number of rotatable bonds is 8. The Kier molecular flexibility index (Phi) is 6.72. The fourth-order valence-electron chi connectivity index (χ4n) is 1.79. The summed E-state index contributed by atoms with van der Waals surface area (Å²) < 4.78 is 0. The van der Waals surface area contributed by atoms with Gasteiger partial charge in [-0.1, -0.05) is 6.92 Å². The second-order valence-corrected chi connectivity index (χ2v) is 4.49. The lowest BCUT2D eigenvalue weighted by molar-refractivity contribution is -0.120. The quantitative estimate of drug-likeness (QED) is 0.417. The second kappa shape index (κ2) is 8.31. The number of hydrogen-bond acceptors (Lipinski definition) is 6. The summed E-state index contributed by atoms with van der Waals surface area (Å²) in [5.41, 5.74) is 3.43. The van der Waals surface area contributed by atoms with E-state index in [1.807, 2.05) is 13.8 Å². The van der Waals surface area contributed by atoms with Gasteiger partial charge < -0.3 is 16.1 Å². The van der Waals surface area contributed by atoms with Crippen molar-refractivity contribution in [3.05, 3.63) is 11.4 Å². The third kappa shape index (κ3) is 4.65. The van der Waals surface area contributed by atoms with Crippen LogP contribution in [-0.2, 0) is 11.2 Å². The van der Waals surface area contributed by atoms with Gasteiger partial charge >= 0.3 is 0 Å². The van der Waals surface area contributed by atoms with Gasteiger partial charge in [0.25, 0.3) is 0 Å².